The van der Waals surface area contributed by atoms with Gasteiger partial charge in [0.15, 0.2) is 0 Å². The smallest absolute Gasteiger partial charge is 0.336 e. The fourth-order valence-corrected chi connectivity index (χ4v) is 1.70. The maximum absolute atomic E-state index is 11.3. The largest absolute Gasteiger partial charge is 0.365 e. The summed E-state index contributed by atoms with van der Waals surface area (Å²) in [6, 6.07) is 5.58. The molecule has 1 aromatic heterocycles. The highest BCUT2D eigenvalue weighted by atomic mass is 16.5. The van der Waals surface area contributed by atoms with Crippen LogP contribution in [0.4, 0.5) is 0 Å². The zero-order valence-corrected chi connectivity index (χ0v) is 7.99. The lowest BCUT2D eigenvalue weighted by Crippen LogP contribution is -2.04. The van der Waals surface area contributed by atoms with Crippen molar-refractivity contribution in [3.05, 3.63) is 34.2 Å². The molecule has 0 radical (unpaired) electrons. The van der Waals surface area contributed by atoms with Gasteiger partial charge < -0.3 is 10.3 Å². The van der Waals surface area contributed by atoms with E-state index in [1.54, 1.807) is 13.1 Å². The summed E-state index contributed by atoms with van der Waals surface area (Å²) in [4.78, 5) is 11.3. The standard InChI is InChI=1S/C10H12N2O2/c1-12-9-7(5-6-11)3-2-4-8(9)10(13)14-12/h2-4H,5-6,11H2,1H3. The number of nitrogens with two attached hydrogens (primary N) is 1. The van der Waals surface area contributed by atoms with Gasteiger partial charge in [0, 0.05) is 7.05 Å². The van der Waals surface area contributed by atoms with Crippen molar-refractivity contribution in [3.8, 4) is 0 Å². The van der Waals surface area contributed by atoms with E-state index in [4.69, 9.17) is 10.3 Å². The van der Waals surface area contributed by atoms with Gasteiger partial charge in [-0.3, -0.25) is 0 Å². The van der Waals surface area contributed by atoms with Crippen molar-refractivity contribution in [1.82, 2.24) is 4.74 Å². The van der Waals surface area contributed by atoms with Gasteiger partial charge in [-0.1, -0.05) is 12.1 Å². The molecule has 14 heavy (non-hydrogen) atoms. The normalized spacial score (nSPS) is 11.0. The van der Waals surface area contributed by atoms with Crippen molar-refractivity contribution in [3.63, 3.8) is 0 Å². The maximum Gasteiger partial charge on any atom is 0.365 e. The Morgan fingerprint density at radius 3 is 3.00 bits per heavy atom. The summed E-state index contributed by atoms with van der Waals surface area (Å²) < 4.78 is 6.47. The molecule has 0 unspecified atom stereocenters. The number of fused-ring (bicyclic) bond motifs is 1. The van der Waals surface area contributed by atoms with E-state index in [0.29, 0.717) is 11.9 Å². The molecule has 2 N–H and O–H groups in total. The molecule has 2 aromatic rings. The minimum absolute atomic E-state index is 0.290. The minimum atomic E-state index is -0.290. The highest BCUT2D eigenvalue weighted by Crippen LogP contribution is 2.15. The summed E-state index contributed by atoms with van der Waals surface area (Å²) >= 11 is 0. The van der Waals surface area contributed by atoms with E-state index in [2.05, 4.69) is 0 Å². The number of para-hydroxylation sites is 1. The quantitative estimate of drug-likeness (QED) is 0.759. The average molecular weight is 192 g/mol. The summed E-state index contributed by atoms with van der Waals surface area (Å²) in [5.74, 6) is 0. The summed E-state index contributed by atoms with van der Waals surface area (Å²) in [6.45, 7) is 0.568. The van der Waals surface area contributed by atoms with Gasteiger partial charge in [-0.15, -0.1) is 0 Å². The SMILES string of the molecule is Cn1oc(=O)c2cccc(CCN)c21. The highest BCUT2D eigenvalue weighted by Gasteiger charge is 2.09. The number of rotatable bonds is 2. The van der Waals surface area contributed by atoms with Crippen LogP contribution in [0.15, 0.2) is 27.5 Å². The second-order valence-corrected chi connectivity index (χ2v) is 3.23. The molecule has 0 bridgehead atoms. The van der Waals surface area contributed by atoms with Crippen LogP contribution in [-0.4, -0.2) is 11.3 Å². The third-order valence-electron chi connectivity index (χ3n) is 2.29. The molecule has 4 nitrogen and oxygen atoms in total. The average Bonchev–Trinajstić information content (AvgIpc) is 2.44. The van der Waals surface area contributed by atoms with Crippen LogP contribution in [0.3, 0.4) is 0 Å². The van der Waals surface area contributed by atoms with E-state index < -0.39 is 0 Å². The van der Waals surface area contributed by atoms with Crippen molar-refractivity contribution in [2.75, 3.05) is 6.54 Å². The Labute approximate surface area is 80.9 Å². The Bertz CT molecular complexity index is 510. The van der Waals surface area contributed by atoms with Gasteiger partial charge in [0.05, 0.1) is 10.9 Å². The first-order valence-corrected chi connectivity index (χ1v) is 4.52. The van der Waals surface area contributed by atoms with Crippen LogP contribution >= 0.6 is 0 Å². The Morgan fingerprint density at radius 1 is 1.50 bits per heavy atom. The molecule has 74 valence electrons. The van der Waals surface area contributed by atoms with Gasteiger partial charge in [0.25, 0.3) is 0 Å². The zero-order valence-electron chi connectivity index (χ0n) is 7.99. The lowest BCUT2D eigenvalue weighted by molar-refractivity contribution is 0.295. The van der Waals surface area contributed by atoms with E-state index in [9.17, 15) is 4.79 Å². The van der Waals surface area contributed by atoms with E-state index >= 15 is 0 Å². The highest BCUT2D eigenvalue weighted by molar-refractivity contribution is 5.81. The number of hydrogen-bond acceptors (Lipinski definition) is 3. The van der Waals surface area contributed by atoms with Crippen LogP contribution in [0.5, 0.6) is 0 Å². The van der Waals surface area contributed by atoms with Gasteiger partial charge in [-0.2, -0.15) is 0 Å². The Kier molecular flexibility index (Phi) is 2.13. The molecule has 2 rings (SSSR count). The van der Waals surface area contributed by atoms with Crippen molar-refractivity contribution in [2.24, 2.45) is 12.8 Å². The molecule has 4 heteroatoms. The van der Waals surface area contributed by atoms with Gasteiger partial charge in [-0.05, 0) is 24.6 Å². The fourth-order valence-electron chi connectivity index (χ4n) is 1.70. The second-order valence-electron chi connectivity index (χ2n) is 3.23. The van der Waals surface area contributed by atoms with Crippen LogP contribution in [0.1, 0.15) is 5.56 Å². The summed E-state index contributed by atoms with van der Waals surface area (Å²) in [5.41, 5.74) is 7.10. The molecule has 0 spiro atoms. The molecule has 0 saturated heterocycles. The first-order chi connectivity index (χ1) is 6.74. The van der Waals surface area contributed by atoms with Crippen molar-refractivity contribution >= 4 is 10.9 Å². The number of aryl methyl sites for hydroxylation is 1. The molecule has 0 saturated carbocycles. The Balaban J connectivity index is 2.78. The van der Waals surface area contributed by atoms with Crippen LogP contribution in [0, 0.1) is 0 Å². The molecule has 0 fully saturated rings. The summed E-state index contributed by atoms with van der Waals surface area (Å²) in [5, 5.41) is 0.624. The molecule has 0 amide bonds. The lowest BCUT2D eigenvalue weighted by atomic mass is 10.1. The molecule has 0 aliphatic heterocycles. The Morgan fingerprint density at radius 2 is 2.29 bits per heavy atom. The number of benzene rings is 1. The molecular formula is C10H12N2O2. The van der Waals surface area contributed by atoms with Crippen LogP contribution in [0.25, 0.3) is 10.9 Å². The molecular weight excluding hydrogens is 180 g/mol. The van der Waals surface area contributed by atoms with E-state index in [0.717, 1.165) is 17.5 Å². The first-order valence-electron chi connectivity index (χ1n) is 4.52. The number of nitrogens with zero attached hydrogens (tertiary/aromatic N) is 1. The third kappa shape index (κ3) is 1.24. The minimum Gasteiger partial charge on any atom is -0.336 e. The first kappa shape index (κ1) is 9.02. The monoisotopic (exact) mass is 192 g/mol. The van der Waals surface area contributed by atoms with Crippen molar-refractivity contribution in [2.45, 2.75) is 6.42 Å². The molecule has 0 atom stereocenters. The topological polar surface area (TPSA) is 61.2 Å². The van der Waals surface area contributed by atoms with E-state index in [1.165, 1.54) is 4.74 Å². The van der Waals surface area contributed by atoms with Crippen LogP contribution in [-0.2, 0) is 13.5 Å². The Hall–Kier alpha value is -1.55. The van der Waals surface area contributed by atoms with Gasteiger partial charge in [-0.25, -0.2) is 9.53 Å². The van der Waals surface area contributed by atoms with Crippen molar-refractivity contribution < 1.29 is 4.52 Å². The fraction of sp³-hybridized carbons (Fsp3) is 0.300. The number of hydrogen-bond donors (Lipinski definition) is 1. The molecule has 1 heterocycles. The molecule has 1 aromatic carbocycles. The summed E-state index contributed by atoms with van der Waals surface area (Å²) in [7, 11) is 1.73. The van der Waals surface area contributed by atoms with E-state index in [-0.39, 0.29) is 5.63 Å². The lowest BCUT2D eigenvalue weighted by Gasteiger charge is -2.01. The molecule has 0 aliphatic carbocycles. The number of aromatic nitrogens is 1. The predicted octanol–water partition coefficient (Wildman–Crippen LogP) is 0.633. The third-order valence-corrected chi connectivity index (χ3v) is 2.29. The van der Waals surface area contributed by atoms with E-state index in [1.807, 2.05) is 12.1 Å². The molecule has 0 aliphatic rings. The summed E-state index contributed by atoms with van der Waals surface area (Å²) in [6.07, 6.45) is 0.754. The predicted molar refractivity (Wildman–Crippen MR) is 54.2 cm³/mol. The second kappa shape index (κ2) is 3.31. The van der Waals surface area contributed by atoms with Crippen LogP contribution < -0.4 is 11.4 Å². The van der Waals surface area contributed by atoms with Crippen molar-refractivity contribution in [1.29, 1.82) is 0 Å². The van der Waals surface area contributed by atoms with Gasteiger partial charge in [0.1, 0.15) is 0 Å². The zero-order chi connectivity index (χ0) is 10.1. The van der Waals surface area contributed by atoms with Gasteiger partial charge >= 0.3 is 5.63 Å². The van der Waals surface area contributed by atoms with Gasteiger partial charge in [0.2, 0.25) is 0 Å². The van der Waals surface area contributed by atoms with Crippen LogP contribution in [0.2, 0.25) is 0 Å². The maximum atomic E-state index is 11.3.